The highest BCUT2D eigenvalue weighted by atomic mass is 35.5. The molecule has 0 saturated carbocycles. The van der Waals surface area contributed by atoms with Gasteiger partial charge in [0.15, 0.2) is 0 Å². The van der Waals surface area contributed by atoms with E-state index in [9.17, 15) is 21.6 Å². The number of aromatic nitrogens is 1. The number of thiophene rings is 1. The maximum Gasteiger partial charge on any atom is 0.417 e. The van der Waals surface area contributed by atoms with Gasteiger partial charge in [0.1, 0.15) is 4.21 Å². The fourth-order valence-electron chi connectivity index (χ4n) is 3.04. The van der Waals surface area contributed by atoms with Gasteiger partial charge < -0.3 is 5.32 Å². The van der Waals surface area contributed by atoms with Gasteiger partial charge in [0, 0.05) is 46.6 Å². The largest absolute Gasteiger partial charge is 0.417 e. The number of hydrogen-bond acceptors (Lipinski definition) is 5. The Hall–Kier alpha value is -2.11. The summed E-state index contributed by atoms with van der Waals surface area (Å²) >= 11 is 13.1. The maximum atomic E-state index is 13.1. The van der Waals surface area contributed by atoms with E-state index in [-0.39, 0.29) is 14.9 Å². The van der Waals surface area contributed by atoms with Gasteiger partial charge in [0.05, 0.1) is 16.3 Å². The Labute approximate surface area is 209 Å². The summed E-state index contributed by atoms with van der Waals surface area (Å²) in [5.41, 5.74) is 0.0733. The number of alkyl halides is 3. The van der Waals surface area contributed by atoms with Gasteiger partial charge in [0.25, 0.3) is 10.0 Å². The predicted octanol–water partition coefficient (Wildman–Crippen LogP) is 7.00. The normalized spacial score (nSPS) is 12.9. The number of nitrogens with one attached hydrogen (secondary N) is 1. The van der Waals surface area contributed by atoms with Crippen LogP contribution in [-0.4, -0.2) is 30.8 Å². The van der Waals surface area contributed by atoms with Gasteiger partial charge in [-0.05, 0) is 42.5 Å². The second-order valence-electron chi connectivity index (χ2n) is 6.97. The molecule has 0 spiro atoms. The zero-order valence-electron chi connectivity index (χ0n) is 18.0. The van der Waals surface area contributed by atoms with Crippen molar-refractivity contribution in [2.24, 2.45) is 0 Å². The number of nitrogens with zero attached hydrogens (tertiary/aromatic N) is 2. The second kappa shape index (κ2) is 10.7. The number of halogens is 5. The van der Waals surface area contributed by atoms with E-state index in [4.69, 9.17) is 23.2 Å². The van der Waals surface area contributed by atoms with E-state index in [2.05, 4.69) is 10.3 Å². The van der Waals surface area contributed by atoms with Crippen LogP contribution in [0.4, 0.5) is 18.9 Å². The average molecular weight is 550 g/mol. The number of anilines is 1. The Bertz CT molecular complexity index is 1290. The van der Waals surface area contributed by atoms with Gasteiger partial charge in [-0.2, -0.15) is 17.5 Å². The van der Waals surface area contributed by atoms with Crippen LogP contribution in [-0.2, 0) is 16.2 Å². The van der Waals surface area contributed by atoms with Gasteiger partial charge in [-0.15, -0.1) is 11.3 Å². The zero-order chi connectivity index (χ0) is 25.1. The molecule has 3 aromatic rings. The Morgan fingerprint density at radius 2 is 1.76 bits per heavy atom. The van der Waals surface area contributed by atoms with Crippen molar-refractivity contribution in [1.29, 1.82) is 0 Å². The summed E-state index contributed by atoms with van der Waals surface area (Å²) in [4.78, 5) is 4.41. The van der Waals surface area contributed by atoms with E-state index in [1.165, 1.54) is 16.6 Å². The highest BCUT2D eigenvalue weighted by molar-refractivity contribution is 7.91. The molecule has 12 heteroatoms. The quantitative estimate of drug-likeness (QED) is 0.328. The summed E-state index contributed by atoms with van der Waals surface area (Å²) in [7, 11) is -3.72. The molecular formula is C22H20Cl2F3N3O2S2. The minimum Gasteiger partial charge on any atom is -0.361 e. The molecule has 5 nitrogen and oxygen atoms in total. The van der Waals surface area contributed by atoms with Crippen LogP contribution in [0, 0.1) is 0 Å². The third-order valence-electron chi connectivity index (χ3n) is 4.80. The van der Waals surface area contributed by atoms with Crippen LogP contribution in [0.25, 0.3) is 5.57 Å². The summed E-state index contributed by atoms with van der Waals surface area (Å²) in [6, 6.07) is 10.6. The lowest BCUT2D eigenvalue weighted by Gasteiger charge is -2.16. The fourth-order valence-corrected chi connectivity index (χ4v) is 6.37. The number of benzene rings is 1. The minimum absolute atomic E-state index is 0.0739. The van der Waals surface area contributed by atoms with Gasteiger partial charge in [-0.3, -0.25) is 4.98 Å². The molecule has 0 unspecified atom stereocenters. The monoisotopic (exact) mass is 549 g/mol. The van der Waals surface area contributed by atoms with Crippen molar-refractivity contribution in [2.75, 3.05) is 18.4 Å². The summed E-state index contributed by atoms with van der Waals surface area (Å²) < 4.78 is 66.6. The molecular weight excluding hydrogens is 530 g/mol. The van der Waals surface area contributed by atoms with E-state index < -0.39 is 21.8 Å². The smallest absolute Gasteiger partial charge is 0.361 e. The molecule has 182 valence electrons. The lowest BCUT2D eigenvalue weighted by Crippen LogP contribution is -2.29. The van der Waals surface area contributed by atoms with Crippen LogP contribution in [0.3, 0.4) is 0 Å². The number of hydrogen-bond donors (Lipinski definition) is 1. The Kier molecular flexibility index (Phi) is 8.30. The molecule has 1 N–H and O–H groups in total. The Morgan fingerprint density at radius 3 is 2.32 bits per heavy atom. The first-order valence-electron chi connectivity index (χ1n) is 10.0. The number of sulfonamides is 1. The SMILES string of the molecule is CCN(CC)S(=O)(=O)c1ccc(C(=CNc2ccc(Cl)cc2)c2ncc(C(F)(F)F)cc2Cl)s1. The van der Waals surface area contributed by atoms with Crippen molar-refractivity contribution in [3.8, 4) is 0 Å². The topological polar surface area (TPSA) is 62.3 Å². The first-order chi connectivity index (χ1) is 16.0. The van der Waals surface area contributed by atoms with Crippen molar-refractivity contribution in [3.05, 3.63) is 81.0 Å². The third-order valence-corrected chi connectivity index (χ3v) is 8.97. The van der Waals surface area contributed by atoms with Gasteiger partial charge in [-0.1, -0.05) is 37.0 Å². The molecule has 0 radical (unpaired) electrons. The molecule has 2 aromatic heterocycles. The minimum atomic E-state index is -4.60. The summed E-state index contributed by atoms with van der Waals surface area (Å²) in [6.07, 6.45) is -2.39. The number of rotatable bonds is 8. The standard InChI is InChI=1S/C22H20Cl2F3N3O2S2/c1-3-30(4-2)34(31,32)20-10-9-19(33-20)17(13-28-16-7-5-15(23)6-8-16)21-18(24)11-14(12-29-21)22(25,26)27/h5-13,28H,3-4H2,1-2H3. The molecule has 34 heavy (non-hydrogen) atoms. The van der Waals surface area contributed by atoms with E-state index >= 15 is 0 Å². The fraction of sp³-hybridized carbons (Fsp3) is 0.227. The van der Waals surface area contributed by atoms with Crippen molar-refractivity contribution in [1.82, 2.24) is 9.29 Å². The average Bonchev–Trinajstić information content (AvgIpc) is 3.27. The molecule has 0 saturated heterocycles. The summed E-state index contributed by atoms with van der Waals surface area (Å²) in [5, 5.41) is 3.35. The van der Waals surface area contributed by atoms with E-state index in [1.807, 2.05) is 0 Å². The maximum absolute atomic E-state index is 13.1. The van der Waals surface area contributed by atoms with Gasteiger partial charge >= 0.3 is 6.18 Å². The Balaban J connectivity index is 2.09. The zero-order valence-corrected chi connectivity index (χ0v) is 21.2. The highest BCUT2D eigenvalue weighted by Gasteiger charge is 2.32. The summed E-state index contributed by atoms with van der Waals surface area (Å²) in [5.74, 6) is 0. The lowest BCUT2D eigenvalue weighted by atomic mass is 10.1. The van der Waals surface area contributed by atoms with Crippen molar-refractivity contribution < 1.29 is 21.6 Å². The molecule has 0 bridgehead atoms. The molecule has 0 amide bonds. The summed E-state index contributed by atoms with van der Waals surface area (Å²) in [6.45, 7) is 4.09. The third kappa shape index (κ3) is 5.92. The molecule has 0 fully saturated rings. The number of pyridine rings is 1. The molecule has 3 rings (SSSR count). The van der Waals surface area contributed by atoms with Crippen LogP contribution < -0.4 is 5.32 Å². The van der Waals surface area contributed by atoms with E-state index in [1.54, 1.807) is 44.2 Å². The molecule has 0 atom stereocenters. The van der Waals surface area contributed by atoms with E-state index in [0.717, 1.165) is 17.4 Å². The lowest BCUT2D eigenvalue weighted by molar-refractivity contribution is -0.137. The second-order valence-corrected chi connectivity index (χ2v) is 11.1. The first kappa shape index (κ1) is 26.5. The van der Waals surface area contributed by atoms with Crippen LogP contribution in [0.1, 0.15) is 30.0 Å². The predicted molar refractivity (Wildman–Crippen MR) is 131 cm³/mol. The van der Waals surface area contributed by atoms with Crippen LogP contribution >= 0.6 is 34.5 Å². The highest BCUT2D eigenvalue weighted by Crippen LogP contribution is 2.37. The first-order valence-corrected chi connectivity index (χ1v) is 13.0. The molecule has 0 aliphatic heterocycles. The molecule has 0 aliphatic carbocycles. The molecule has 0 aliphatic rings. The van der Waals surface area contributed by atoms with Crippen molar-refractivity contribution in [3.63, 3.8) is 0 Å². The van der Waals surface area contributed by atoms with Gasteiger partial charge in [0.2, 0.25) is 0 Å². The van der Waals surface area contributed by atoms with Gasteiger partial charge in [-0.25, -0.2) is 8.42 Å². The van der Waals surface area contributed by atoms with Crippen molar-refractivity contribution in [2.45, 2.75) is 24.2 Å². The van der Waals surface area contributed by atoms with Crippen LogP contribution in [0.15, 0.2) is 59.1 Å². The molecule has 1 aromatic carbocycles. The molecule has 2 heterocycles. The Morgan fingerprint density at radius 1 is 1.12 bits per heavy atom. The van der Waals surface area contributed by atoms with Crippen molar-refractivity contribution >= 4 is 55.8 Å². The van der Waals surface area contributed by atoms with E-state index in [0.29, 0.717) is 40.4 Å². The van der Waals surface area contributed by atoms with Crippen LogP contribution in [0.2, 0.25) is 10.0 Å². The van der Waals surface area contributed by atoms with Crippen LogP contribution in [0.5, 0.6) is 0 Å².